The summed E-state index contributed by atoms with van der Waals surface area (Å²) in [5, 5.41) is 8.69. The molecule has 1 heterocycles. The summed E-state index contributed by atoms with van der Waals surface area (Å²) in [5.41, 5.74) is 1.66. The molecule has 0 unspecified atom stereocenters. The fourth-order valence-electron chi connectivity index (χ4n) is 1.78. The number of hydrogen-bond donors (Lipinski definition) is 1. The third-order valence-corrected chi connectivity index (χ3v) is 2.76. The molecule has 0 saturated heterocycles. The number of aliphatic hydroxyl groups excluding tert-OH is 1. The van der Waals surface area contributed by atoms with Crippen LogP contribution in [0.3, 0.4) is 0 Å². The maximum atomic E-state index is 8.69. The van der Waals surface area contributed by atoms with E-state index < -0.39 is 0 Å². The Morgan fingerprint density at radius 1 is 1.20 bits per heavy atom. The van der Waals surface area contributed by atoms with Crippen molar-refractivity contribution in [2.75, 3.05) is 20.3 Å². The summed E-state index contributed by atoms with van der Waals surface area (Å²) in [6.07, 6.45) is 2.34. The lowest BCUT2D eigenvalue weighted by atomic mass is 10.2. The molecule has 0 atom stereocenters. The predicted octanol–water partition coefficient (Wildman–Crippen LogP) is 2.05. The van der Waals surface area contributed by atoms with Gasteiger partial charge in [0, 0.05) is 19.4 Å². The summed E-state index contributed by atoms with van der Waals surface area (Å²) in [7, 11) is 1.63. The van der Waals surface area contributed by atoms with E-state index in [1.54, 1.807) is 13.3 Å². The first-order chi connectivity index (χ1) is 9.85. The summed E-state index contributed by atoms with van der Waals surface area (Å²) >= 11 is 0. The first-order valence-electron chi connectivity index (χ1n) is 6.49. The highest BCUT2D eigenvalue weighted by molar-refractivity contribution is 5.63. The van der Waals surface area contributed by atoms with Crippen molar-refractivity contribution in [1.82, 2.24) is 9.97 Å². The van der Waals surface area contributed by atoms with Gasteiger partial charge >= 0.3 is 0 Å². The van der Waals surface area contributed by atoms with Crippen LogP contribution in [0.25, 0.3) is 11.4 Å². The molecular weight excluding hydrogens is 256 g/mol. The quantitative estimate of drug-likeness (QED) is 0.783. The van der Waals surface area contributed by atoms with E-state index in [0.717, 1.165) is 17.0 Å². The van der Waals surface area contributed by atoms with Gasteiger partial charge in [-0.25, -0.2) is 9.97 Å². The van der Waals surface area contributed by atoms with Gasteiger partial charge in [0.05, 0.1) is 25.0 Å². The van der Waals surface area contributed by atoms with Crippen LogP contribution in [0, 0.1) is 0 Å². The molecule has 0 spiro atoms. The highest BCUT2D eigenvalue weighted by Crippen LogP contribution is 2.26. The van der Waals surface area contributed by atoms with Crippen LogP contribution in [0.5, 0.6) is 5.75 Å². The Bertz CT molecular complexity index is 546. The second-order valence-electron chi connectivity index (χ2n) is 4.20. The minimum atomic E-state index is 0.135. The average Bonchev–Trinajstić information content (AvgIpc) is 2.52. The highest BCUT2D eigenvalue weighted by atomic mass is 16.5. The van der Waals surface area contributed by atoms with E-state index in [1.165, 1.54) is 0 Å². The van der Waals surface area contributed by atoms with Crippen molar-refractivity contribution in [3.8, 4) is 17.1 Å². The zero-order chi connectivity index (χ0) is 14.2. The van der Waals surface area contributed by atoms with E-state index in [2.05, 4.69) is 9.97 Å². The Labute approximate surface area is 118 Å². The molecule has 106 valence electrons. The number of aliphatic hydroxyl groups is 1. The van der Waals surface area contributed by atoms with Crippen LogP contribution in [-0.4, -0.2) is 35.4 Å². The van der Waals surface area contributed by atoms with E-state index in [1.807, 2.05) is 30.3 Å². The summed E-state index contributed by atoms with van der Waals surface area (Å²) in [4.78, 5) is 8.75. The Hall–Kier alpha value is -1.98. The fourth-order valence-corrected chi connectivity index (χ4v) is 1.78. The Kier molecular flexibility index (Phi) is 5.46. The number of nitrogens with zero attached hydrogens (tertiary/aromatic N) is 2. The molecule has 0 bridgehead atoms. The Balaban J connectivity index is 2.13. The van der Waals surface area contributed by atoms with E-state index in [-0.39, 0.29) is 6.61 Å². The van der Waals surface area contributed by atoms with Crippen LogP contribution >= 0.6 is 0 Å². The molecule has 20 heavy (non-hydrogen) atoms. The molecule has 0 amide bonds. The number of rotatable bonds is 7. The van der Waals surface area contributed by atoms with Gasteiger partial charge in [0.25, 0.3) is 0 Å². The first kappa shape index (κ1) is 14.4. The van der Waals surface area contributed by atoms with Crippen LogP contribution in [0.15, 0.2) is 36.5 Å². The number of ether oxygens (including phenoxy) is 2. The Morgan fingerprint density at radius 3 is 2.85 bits per heavy atom. The fraction of sp³-hybridized carbons (Fsp3) is 0.333. The largest absolute Gasteiger partial charge is 0.496 e. The van der Waals surface area contributed by atoms with E-state index in [4.69, 9.17) is 14.6 Å². The highest BCUT2D eigenvalue weighted by Gasteiger charge is 2.08. The van der Waals surface area contributed by atoms with Crippen LogP contribution < -0.4 is 4.74 Å². The SMILES string of the molecule is COc1ccccc1-c1nccc(COCCCO)n1. The number of hydrogen-bond acceptors (Lipinski definition) is 5. The van der Waals surface area contributed by atoms with Crippen molar-refractivity contribution < 1.29 is 14.6 Å². The van der Waals surface area contributed by atoms with Crippen LogP contribution in [-0.2, 0) is 11.3 Å². The monoisotopic (exact) mass is 274 g/mol. The van der Waals surface area contributed by atoms with Gasteiger partial charge < -0.3 is 14.6 Å². The number of para-hydroxylation sites is 1. The average molecular weight is 274 g/mol. The minimum Gasteiger partial charge on any atom is -0.496 e. The molecule has 1 aromatic heterocycles. The lowest BCUT2D eigenvalue weighted by Crippen LogP contribution is -2.01. The summed E-state index contributed by atoms with van der Waals surface area (Å²) in [6.45, 7) is 1.06. The molecule has 5 nitrogen and oxygen atoms in total. The standard InChI is InChI=1S/C15H18N2O3/c1-19-14-6-3-2-5-13(14)15-16-8-7-12(17-15)11-20-10-4-9-18/h2-3,5-8,18H,4,9-11H2,1H3. The molecule has 0 aliphatic carbocycles. The lowest BCUT2D eigenvalue weighted by molar-refractivity contribution is 0.102. The van der Waals surface area contributed by atoms with Crippen molar-refractivity contribution in [3.63, 3.8) is 0 Å². The third-order valence-electron chi connectivity index (χ3n) is 2.76. The molecule has 0 aliphatic rings. The van der Waals surface area contributed by atoms with Gasteiger partial charge in [0.1, 0.15) is 5.75 Å². The smallest absolute Gasteiger partial charge is 0.163 e. The Morgan fingerprint density at radius 2 is 2.05 bits per heavy atom. The van der Waals surface area contributed by atoms with Gasteiger partial charge in [-0.1, -0.05) is 12.1 Å². The molecule has 1 aromatic carbocycles. The van der Waals surface area contributed by atoms with Gasteiger partial charge in [0.2, 0.25) is 0 Å². The second kappa shape index (κ2) is 7.57. The van der Waals surface area contributed by atoms with Crippen molar-refractivity contribution >= 4 is 0 Å². The summed E-state index contributed by atoms with van der Waals surface area (Å²) in [5.74, 6) is 1.36. The number of benzene rings is 1. The zero-order valence-electron chi connectivity index (χ0n) is 11.5. The molecule has 1 N–H and O–H groups in total. The predicted molar refractivity (Wildman–Crippen MR) is 75.4 cm³/mol. The van der Waals surface area contributed by atoms with Crippen molar-refractivity contribution in [2.45, 2.75) is 13.0 Å². The zero-order valence-corrected chi connectivity index (χ0v) is 11.5. The van der Waals surface area contributed by atoms with E-state index in [0.29, 0.717) is 25.5 Å². The lowest BCUT2D eigenvalue weighted by Gasteiger charge is -2.08. The number of aromatic nitrogens is 2. The van der Waals surface area contributed by atoms with Crippen LogP contribution in [0.4, 0.5) is 0 Å². The molecule has 0 radical (unpaired) electrons. The molecule has 5 heteroatoms. The van der Waals surface area contributed by atoms with E-state index in [9.17, 15) is 0 Å². The van der Waals surface area contributed by atoms with Crippen molar-refractivity contribution in [3.05, 3.63) is 42.2 Å². The molecule has 0 aliphatic heterocycles. The van der Waals surface area contributed by atoms with Crippen molar-refractivity contribution in [1.29, 1.82) is 0 Å². The first-order valence-corrected chi connectivity index (χ1v) is 6.49. The van der Waals surface area contributed by atoms with E-state index >= 15 is 0 Å². The van der Waals surface area contributed by atoms with Crippen LogP contribution in [0.2, 0.25) is 0 Å². The van der Waals surface area contributed by atoms with Crippen molar-refractivity contribution in [2.24, 2.45) is 0 Å². The second-order valence-corrected chi connectivity index (χ2v) is 4.20. The van der Waals surface area contributed by atoms with Gasteiger partial charge in [-0.3, -0.25) is 0 Å². The molecular formula is C15H18N2O3. The molecule has 2 rings (SSSR count). The molecule has 2 aromatic rings. The maximum absolute atomic E-state index is 8.69. The number of methoxy groups -OCH3 is 1. The maximum Gasteiger partial charge on any atom is 0.163 e. The summed E-state index contributed by atoms with van der Waals surface area (Å²) in [6, 6.07) is 9.45. The van der Waals surface area contributed by atoms with Gasteiger partial charge in [-0.15, -0.1) is 0 Å². The topological polar surface area (TPSA) is 64.5 Å². The van der Waals surface area contributed by atoms with Gasteiger partial charge in [-0.2, -0.15) is 0 Å². The molecule has 0 saturated carbocycles. The third kappa shape index (κ3) is 3.76. The minimum absolute atomic E-state index is 0.135. The van der Waals surface area contributed by atoms with Gasteiger partial charge in [-0.05, 0) is 24.6 Å². The van der Waals surface area contributed by atoms with Crippen LogP contribution in [0.1, 0.15) is 12.1 Å². The molecule has 0 fully saturated rings. The normalized spacial score (nSPS) is 10.5. The summed E-state index contributed by atoms with van der Waals surface area (Å²) < 4.78 is 10.7. The van der Waals surface area contributed by atoms with Gasteiger partial charge in [0.15, 0.2) is 5.82 Å².